The lowest BCUT2D eigenvalue weighted by Gasteiger charge is -2.11. The zero-order chi connectivity index (χ0) is 13.9. The second kappa shape index (κ2) is 5.40. The van der Waals surface area contributed by atoms with Crippen molar-refractivity contribution >= 4 is 5.97 Å². The molecule has 0 radical (unpaired) electrons. The zero-order valence-corrected chi connectivity index (χ0v) is 11.1. The van der Waals surface area contributed by atoms with Gasteiger partial charge < -0.3 is 5.11 Å². The Hall–Kier alpha value is -2.24. The van der Waals surface area contributed by atoms with Crippen LogP contribution in [0.1, 0.15) is 36.2 Å². The molecule has 1 fully saturated rings. The summed E-state index contributed by atoms with van der Waals surface area (Å²) >= 11 is 0. The fourth-order valence-corrected chi connectivity index (χ4v) is 2.78. The second-order valence-electron chi connectivity index (χ2n) is 5.14. The minimum absolute atomic E-state index is 0.0262. The van der Waals surface area contributed by atoms with E-state index in [1.807, 2.05) is 6.07 Å². The van der Waals surface area contributed by atoms with Crippen LogP contribution in [0, 0.1) is 5.92 Å². The maximum atomic E-state index is 11.3. The molecule has 1 aliphatic carbocycles. The van der Waals surface area contributed by atoms with Crippen LogP contribution in [0.15, 0.2) is 24.4 Å². The Balaban J connectivity index is 1.99. The third-order valence-corrected chi connectivity index (χ3v) is 3.75. The maximum Gasteiger partial charge on any atom is 0.358 e. The Bertz CT molecular complexity index is 603. The van der Waals surface area contributed by atoms with Crippen LogP contribution in [-0.2, 0) is 6.54 Å². The summed E-state index contributed by atoms with van der Waals surface area (Å²) in [6.45, 7) is 0.714. The fraction of sp³-hybridized carbons (Fsp3) is 0.429. The highest BCUT2D eigenvalue weighted by Crippen LogP contribution is 2.28. The van der Waals surface area contributed by atoms with Crippen molar-refractivity contribution in [1.82, 2.24) is 20.0 Å². The van der Waals surface area contributed by atoms with Gasteiger partial charge in [-0.2, -0.15) is 0 Å². The number of aromatic carboxylic acids is 1. The fourth-order valence-electron chi connectivity index (χ4n) is 2.78. The van der Waals surface area contributed by atoms with Crippen LogP contribution < -0.4 is 0 Å². The summed E-state index contributed by atoms with van der Waals surface area (Å²) < 4.78 is 1.70. The van der Waals surface area contributed by atoms with Crippen molar-refractivity contribution in [3.05, 3.63) is 30.1 Å². The Morgan fingerprint density at radius 2 is 2.15 bits per heavy atom. The van der Waals surface area contributed by atoms with E-state index < -0.39 is 5.97 Å². The lowest BCUT2D eigenvalue weighted by atomic mass is 10.1. The Morgan fingerprint density at radius 1 is 1.35 bits per heavy atom. The van der Waals surface area contributed by atoms with Gasteiger partial charge in [-0.15, -0.1) is 5.10 Å². The van der Waals surface area contributed by atoms with E-state index in [0.717, 1.165) is 0 Å². The molecule has 104 valence electrons. The van der Waals surface area contributed by atoms with E-state index in [1.54, 1.807) is 23.0 Å². The topological polar surface area (TPSA) is 80.9 Å². The number of hydrogen-bond donors (Lipinski definition) is 1. The quantitative estimate of drug-likeness (QED) is 0.923. The van der Waals surface area contributed by atoms with E-state index in [2.05, 4.69) is 15.3 Å². The summed E-state index contributed by atoms with van der Waals surface area (Å²) in [6, 6.07) is 5.42. The van der Waals surface area contributed by atoms with Gasteiger partial charge in [0.1, 0.15) is 5.69 Å². The first kappa shape index (κ1) is 12.8. The Kier molecular flexibility index (Phi) is 3.45. The van der Waals surface area contributed by atoms with E-state index in [4.69, 9.17) is 0 Å². The highest BCUT2D eigenvalue weighted by atomic mass is 16.4. The molecule has 0 aromatic carbocycles. The smallest absolute Gasteiger partial charge is 0.358 e. The van der Waals surface area contributed by atoms with Gasteiger partial charge in [0.25, 0.3) is 0 Å². The molecule has 1 N–H and O–H groups in total. The summed E-state index contributed by atoms with van der Waals surface area (Å²) in [4.78, 5) is 15.5. The van der Waals surface area contributed by atoms with Crippen molar-refractivity contribution in [2.24, 2.45) is 5.92 Å². The first-order valence-electron chi connectivity index (χ1n) is 6.84. The summed E-state index contributed by atoms with van der Waals surface area (Å²) in [5.74, 6) is -0.510. The molecule has 2 aromatic rings. The third kappa shape index (κ3) is 2.41. The van der Waals surface area contributed by atoms with Gasteiger partial charge in [-0.1, -0.05) is 24.1 Å². The lowest BCUT2D eigenvalue weighted by Crippen LogP contribution is -2.11. The number of pyridine rings is 1. The number of nitrogens with zero attached hydrogens (tertiary/aromatic N) is 4. The first-order valence-corrected chi connectivity index (χ1v) is 6.84. The molecule has 0 bridgehead atoms. The van der Waals surface area contributed by atoms with Gasteiger partial charge in [0.15, 0.2) is 5.69 Å². The predicted octanol–water partition coefficient (Wildman–Crippen LogP) is 2.23. The van der Waals surface area contributed by atoms with Gasteiger partial charge in [-0.25, -0.2) is 9.48 Å². The van der Waals surface area contributed by atoms with Crippen LogP contribution in [0.4, 0.5) is 0 Å². The molecule has 0 atom stereocenters. The van der Waals surface area contributed by atoms with Gasteiger partial charge in [-0.05, 0) is 30.9 Å². The van der Waals surface area contributed by atoms with E-state index >= 15 is 0 Å². The van der Waals surface area contributed by atoms with Crippen molar-refractivity contribution in [2.45, 2.75) is 32.2 Å². The number of aromatic nitrogens is 4. The Labute approximate surface area is 116 Å². The molecular formula is C14H16N4O2. The average Bonchev–Trinajstić information content (AvgIpc) is 3.09. The highest BCUT2D eigenvalue weighted by Gasteiger charge is 2.24. The van der Waals surface area contributed by atoms with Crippen LogP contribution >= 0.6 is 0 Å². The molecule has 0 unspecified atom stereocenters. The largest absolute Gasteiger partial charge is 0.476 e. The van der Waals surface area contributed by atoms with Crippen LogP contribution in [0.3, 0.4) is 0 Å². The van der Waals surface area contributed by atoms with Crippen molar-refractivity contribution in [3.63, 3.8) is 0 Å². The molecule has 2 aromatic heterocycles. The molecule has 2 heterocycles. The molecule has 6 nitrogen and oxygen atoms in total. The van der Waals surface area contributed by atoms with E-state index in [0.29, 0.717) is 23.9 Å². The Morgan fingerprint density at radius 3 is 2.80 bits per heavy atom. The van der Waals surface area contributed by atoms with Crippen LogP contribution in [0.25, 0.3) is 11.4 Å². The highest BCUT2D eigenvalue weighted by molar-refractivity contribution is 5.92. The summed E-state index contributed by atoms with van der Waals surface area (Å²) in [5, 5.41) is 17.1. The van der Waals surface area contributed by atoms with Crippen molar-refractivity contribution in [3.8, 4) is 11.4 Å². The lowest BCUT2D eigenvalue weighted by molar-refractivity contribution is 0.0691. The molecular weight excluding hydrogens is 256 g/mol. The normalized spacial score (nSPS) is 15.6. The summed E-state index contributed by atoms with van der Waals surface area (Å²) in [7, 11) is 0. The van der Waals surface area contributed by atoms with Crippen LogP contribution in [0.5, 0.6) is 0 Å². The average molecular weight is 272 g/mol. The van der Waals surface area contributed by atoms with Gasteiger partial charge >= 0.3 is 5.97 Å². The molecule has 0 aliphatic heterocycles. The zero-order valence-electron chi connectivity index (χ0n) is 11.1. The number of carbonyl (C=O) groups is 1. The van der Waals surface area contributed by atoms with Crippen molar-refractivity contribution in [1.29, 1.82) is 0 Å². The molecule has 1 saturated carbocycles. The SMILES string of the molecule is O=C(O)c1nnn(CC2CCCC2)c1-c1ccccn1. The van der Waals surface area contributed by atoms with Gasteiger partial charge in [-0.3, -0.25) is 4.98 Å². The predicted molar refractivity (Wildman–Crippen MR) is 72.2 cm³/mol. The van der Waals surface area contributed by atoms with E-state index in [-0.39, 0.29) is 5.69 Å². The van der Waals surface area contributed by atoms with Crippen molar-refractivity contribution in [2.75, 3.05) is 0 Å². The number of carboxylic acids is 1. The van der Waals surface area contributed by atoms with Crippen LogP contribution in [-0.4, -0.2) is 31.1 Å². The first-order chi connectivity index (χ1) is 9.75. The van der Waals surface area contributed by atoms with Gasteiger partial charge in [0.05, 0.1) is 5.69 Å². The number of carboxylic acid groups (broad SMARTS) is 1. The molecule has 6 heteroatoms. The number of rotatable bonds is 4. The summed E-state index contributed by atoms with van der Waals surface area (Å²) in [6.07, 6.45) is 6.47. The maximum absolute atomic E-state index is 11.3. The van der Waals surface area contributed by atoms with E-state index in [9.17, 15) is 9.90 Å². The molecule has 0 amide bonds. The standard InChI is InChI=1S/C14H16N4O2/c19-14(20)12-13(11-7-3-4-8-15-11)18(17-16-12)9-10-5-1-2-6-10/h3-4,7-8,10H,1-2,5-6,9H2,(H,19,20). The molecule has 0 saturated heterocycles. The summed E-state index contributed by atoms with van der Waals surface area (Å²) in [5.41, 5.74) is 1.08. The van der Waals surface area contributed by atoms with Crippen molar-refractivity contribution < 1.29 is 9.90 Å². The molecule has 3 rings (SSSR count). The second-order valence-corrected chi connectivity index (χ2v) is 5.14. The van der Waals surface area contributed by atoms with E-state index in [1.165, 1.54) is 25.7 Å². The third-order valence-electron chi connectivity index (χ3n) is 3.75. The molecule has 20 heavy (non-hydrogen) atoms. The van der Waals surface area contributed by atoms with Gasteiger partial charge in [0.2, 0.25) is 0 Å². The minimum atomic E-state index is -1.07. The monoisotopic (exact) mass is 272 g/mol. The minimum Gasteiger partial charge on any atom is -0.476 e. The number of hydrogen-bond acceptors (Lipinski definition) is 4. The van der Waals surface area contributed by atoms with Gasteiger partial charge in [0, 0.05) is 12.7 Å². The molecule has 1 aliphatic rings. The van der Waals surface area contributed by atoms with Crippen LogP contribution in [0.2, 0.25) is 0 Å². The molecule has 0 spiro atoms.